The first-order valence-electron chi connectivity index (χ1n) is 9.01. The summed E-state index contributed by atoms with van der Waals surface area (Å²) >= 11 is 0. The first kappa shape index (κ1) is 17.4. The van der Waals surface area contributed by atoms with Crippen molar-refractivity contribution in [2.75, 3.05) is 13.6 Å². The highest BCUT2D eigenvalue weighted by atomic mass is 16.2. The molecule has 1 aromatic carbocycles. The number of carbonyl (C=O) groups excluding carboxylic acids is 1. The molecule has 3 rings (SSSR count). The topological polar surface area (TPSA) is 58.1 Å². The van der Waals surface area contributed by atoms with Gasteiger partial charge < -0.3 is 10.2 Å². The third-order valence-corrected chi connectivity index (χ3v) is 4.88. The molecule has 0 saturated carbocycles. The van der Waals surface area contributed by atoms with Crippen molar-refractivity contribution >= 4 is 6.03 Å². The Hall–Kier alpha value is -2.43. The lowest BCUT2D eigenvalue weighted by molar-refractivity contribution is 0.206. The van der Waals surface area contributed by atoms with Gasteiger partial charge in [0.05, 0.1) is 11.7 Å². The lowest BCUT2D eigenvalue weighted by Crippen LogP contribution is -2.39. The predicted molar refractivity (Wildman–Crippen MR) is 98.4 cm³/mol. The lowest BCUT2D eigenvalue weighted by Gasteiger charge is -2.23. The van der Waals surface area contributed by atoms with Crippen LogP contribution in [-0.4, -0.2) is 34.5 Å². The first-order chi connectivity index (χ1) is 12.1. The molecule has 1 aliphatic carbocycles. The van der Waals surface area contributed by atoms with Crippen molar-refractivity contribution in [3.05, 3.63) is 59.2 Å². The fourth-order valence-electron chi connectivity index (χ4n) is 3.24. The molecule has 0 saturated heterocycles. The molecule has 1 N–H and O–H groups in total. The normalized spacial score (nSPS) is 14.5. The molecule has 1 aliphatic rings. The van der Waals surface area contributed by atoms with Gasteiger partial charge in [-0.05, 0) is 49.3 Å². The minimum absolute atomic E-state index is 0.00121. The number of aromatic nitrogens is 2. The van der Waals surface area contributed by atoms with Crippen LogP contribution >= 0.6 is 0 Å². The second-order valence-corrected chi connectivity index (χ2v) is 6.77. The Bertz CT molecular complexity index is 717. The molecule has 1 heterocycles. The standard InChI is InChI=1S/C20H26N4O/c1-15(17-8-7-16-5-3-4-6-18(16)13-17)23-20(25)24(2)12-9-19-14-21-10-11-22-19/h7-8,10-11,13-15H,3-6,9,12H2,1-2H3,(H,23,25). The monoisotopic (exact) mass is 338 g/mol. The molecular formula is C20H26N4O. The quantitative estimate of drug-likeness (QED) is 0.910. The highest BCUT2D eigenvalue weighted by Crippen LogP contribution is 2.24. The van der Waals surface area contributed by atoms with Crippen molar-refractivity contribution in [3.63, 3.8) is 0 Å². The van der Waals surface area contributed by atoms with Gasteiger partial charge in [0.15, 0.2) is 0 Å². The van der Waals surface area contributed by atoms with Crippen LogP contribution in [0.4, 0.5) is 4.79 Å². The van der Waals surface area contributed by atoms with Gasteiger partial charge in [-0.3, -0.25) is 9.97 Å². The number of hydrogen-bond acceptors (Lipinski definition) is 3. The van der Waals surface area contributed by atoms with E-state index in [2.05, 4.69) is 33.5 Å². The minimum atomic E-state index is -0.0610. The number of carbonyl (C=O) groups is 1. The predicted octanol–water partition coefficient (Wildman–Crippen LogP) is 3.30. The summed E-state index contributed by atoms with van der Waals surface area (Å²) in [5, 5.41) is 3.09. The van der Waals surface area contributed by atoms with Crippen LogP contribution < -0.4 is 5.32 Å². The maximum Gasteiger partial charge on any atom is 0.317 e. The van der Waals surface area contributed by atoms with Crippen molar-refractivity contribution in [2.24, 2.45) is 0 Å². The Morgan fingerprint density at radius 2 is 2.04 bits per heavy atom. The first-order valence-corrected chi connectivity index (χ1v) is 9.01. The number of amides is 2. The average Bonchev–Trinajstić information content (AvgIpc) is 2.66. The summed E-state index contributed by atoms with van der Waals surface area (Å²) in [6.45, 7) is 2.65. The van der Waals surface area contributed by atoms with Crippen LogP contribution in [0.2, 0.25) is 0 Å². The van der Waals surface area contributed by atoms with E-state index in [1.54, 1.807) is 23.5 Å². The van der Waals surface area contributed by atoms with Gasteiger partial charge in [-0.25, -0.2) is 4.79 Å². The molecule has 5 nitrogen and oxygen atoms in total. The van der Waals surface area contributed by atoms with Gasteiger partial charge in [0.2, 0.25) is 0 Å². The number of nitrogens with one attached hydrogen (secondary N) is 1. The van der Waals surface area contributed by atoms with Crippen LogP contribution in [0.5, 0.6) is 0 Å². The Morgan fingerprint density at radius 1 is 1.24 bits per heavy atom. The molecule has 0 radical (unpaired) electrons. The van der Waals surface area contributed by atoms with E-state index in [1.807, 2.05) is 14.0 Å². The molecule has 0 bridgehead atoms. The molecule has 1 unspecified atom stereocenters. The van der Waals surface area contributed by atoms with Crippen LogP contribution in [0.15, 0.2) is 36.8 Å². The van der Waals surface area contributed by atoms with Crippen LogP contribution in [0, 0.1) is 0 Å². The maximum atomic E-state index is 12.4. The largest absolute Gasteiger partial charge is 0.331 e. The zero-order valence-corrected chi connectivity index (χ0v) is 15.0. The number of urea groups is 1. The van der Waals surface area contributed by atoms with Gasteiger partial charge in [0.25, 0.3) is 0 Å². The van der Waals surface area contributed by atoms with E-state index < -0.39 is 0 Å². The zero-order chi connectivity index (χ0) is 17.6. The minimum Gasteiger partial charge on any atom is -0.331 e. The van der Waals surface area contributed by atoms with E-state index in [-0.39, 0.29) is 12.1 Å². The molecular weight excluding hydrogens is 312 g/mol. The third-order valence-electron chi connectivity index (χ3n) is 4.88. The number of hydrogen-bond donors (Lipinski definition) is 1. The van der Waals surface area contributed by atoms with Crippen molar-refractivity contribution in [1.82, 2.24) is 20.2 Å². The number of benzene rings is 1. The van der Waals surface area contributed by atoms with Gasteiger partial charge in [0.1, 0.15) is 0 Å². The second kappa shape index (κ2) is 8.10. The third kappa shape index (κ3) is 4.56. The molecule has 1 aromatic heterocycles. The Balaban J connectivity index is 1.54. The van der Waals surface area contributed by atoms with Gasteiger partial charge in [0, 0.05) is 38.6 Å². The van der Waals surface area contributed by atoms with Crippen molar-refractivity contribution in [2.45, 2.75) is 45.1 Å². The fourth-order valence-corrected chi connectivity index (χ4v) is 3.24. The van der Waals surface area contributed by atoms with E-state index in [0.717, 1.165) is 12.1 Å². The van der Waals surface area contributed by atoms with E-state index in [0.29, 0.717) is 13.0 Å². The zero-order valence-electron chi connectivity index (χ0n) is 15.0. The van der Waals surface area contributed by atoms with Gasteiger partial charge >= 0.3 is 6.03 Å². The Labute approximate surface area is 149 Å². The number of likely N-dealkylation sites (N-methyl/N-ethyl adjacent to an activating group) is 1. The molecule has 0 fully saturated rings. The molecule has 0 spiro atoms. The van der Waals surface area contributed by atoms with E-state index in [1.165, 1.54) is 36.0 Å². The summed E-state index contributed by atoms with van der Waals surface area (Å²) in [6, 6.07) is 6.57. The van der Waals surface area contributed by atoms with Crippen LogP contribution in [0.3, 0.4) is 0 Å². The van der Waals surface area contributed by atoms with E-state index in [4.69, 9.17) is 0 Å². The number of nitrogens with zero attached hydrogens (tertiary/aromatic N) is 3. The molecule has 132 valence electrons. The highest BCUT2D eigenvalue weighted by Gasteiger charge is 2.16. The summed E-state index contributed by atoms with van der Waals surface area (Å²) in [5.41, 5.74) is 4.98. The number of rotatable bonds is 5. The molecule has 5 heteroatoms. The molecule has 0 aliphatic heterocycles. The highest BCUT2D eigenvalue weighted by molar-refractivity contribution is 5.74. The summed E-state index contributed by atoms with van der Waals surface area (Å²) in [7, 11) is 1.81. The maximum absolute atomic E-state index is 12.4. The van der Waals surface area contributed by atoms with Gasteiger partial charge in [-0.2, -0.15) is 0 Å². The number of aryl methyl sites for hydroxylation is 2. The van der Waals surface area contributed by atoms with Gasteiger partial charge in [-0.1, -0.05) is 18.2 Å². The van der Waals surface area contributed by atoms with Crippen molar-refractivity contribution < 1.29 is 4.79 Å². The molecule has 25 heavy (non-hydrogen) atoms. The summed E-state index contributed by atoms with van der Waals surface area (Å²) in [5.74, 6) is 0. The van der Waals surface area contributed by atoms with Crippen LogP contribution in [0.1, 0.15) is 48.2 Å². The van der Waals surface area contributed by atoms with Crippen LogP contribution in [-0.2, 0) is 19.3 Å². The number of fused-ring (bicyclic) bond motifs is 1. The van der Waals surface area contributed by atoms with Crippen molar-refractivity contribution in [1.29, 1.82) is 0 Å². The Morgan fingerprint density at radius 3 is 2.80 bits per heavy atom. The summed E-state index contributed by atoms with van der Waals surface area (Å²) in [6.07, 6.45) is 10.7. The van der Waals surface area contributed by atoms with Gasteiger partial charge in [-0.15, -0.1) is 0 Å². The average molecular weight is 338 g/mol. The van der Waals surface area contributed by atoms with E-state index in [9.17, 15) is 4.79 Å². The molecule has 2 amide bonds. The fraction of sp³-hybridized carbons (Fsp3) is 0.450. The summed E-state index contributed by atoms with van der Waals surface area (Å²) in [4.78, 5) is 22.4. The lowest BCUT2D eigenvalue weighted by atomic mass is 9.89. The smallest absolute Gasteiger partial charge is 0.317 e. The van der Waals surface area contributed by atoms with Crippen molar-refractivity contribution in [3.8, 4) is 0 Å². The van der Waals surface area contributed by atoms with Crippen LogP contribution in [0.25, 0.3) is 0 Å². The SMILES string of the molecule is CC(NC(=O)N(C)CCc1cnccn1)c1ccc2c(c1)CCCC2. The second-order valence-electron chi connectivity index (χ2n) is 6.77. The summed E-state index contributed by atoms with van der Waals surface area (Å²) < 4.78 is 0. The molecule has 2 aromatic rings. The molecule has 1 atom stereocenters. The Kier molecular flexibility index (Phi) is 5.64. The van der Waals surface area contributed by atoms with E-state index >= 15 is 0 Å².